The molecule has 2 atom stereocenters. The summed E-state index contributed by atoms with van der Waals surface area (Å²) in [6.45, 7) is 18.8. The van der Waals surface area contributed by atoms with Crippen molar-refractivity contribution in [2.75, 3.05) is 6.54 Å². The molecule has 0 aliphatic carbocycles. The van der Waals surface area contributed by atoms with Crippen molar-refractivity contribution in [3.8, 4) is 11.5 Å². The monoisotopic (exact) mass is 554 g/mol. The molecule has 6 heteroatoms. The van der Waals surface area contributed by atoms with Crippen molar-refractivity contribution < 1.29 is 14.6 Å². The maximum atomic E-state index is 13.9. The topological polar surface area (TPSA) is 62.1 Å². The molecular formula is C33H47ClN2O3. The molecule has 5 nitrogen and oxygen atoms in total. The average molecular weight is 555 g/mol. The van der Waals surface area contributed by atoms with Gasteiger partial charge in [0.2, 0.25) is 0 Å². The van der Waals surface area contributed by atoms with Crippen LogP contribution >= 0.6 is 11.8 Å². The van der Waals surface area contributed by atoms with Gasteiger partial charge in [-0.25, -0.2) is 0 Å². The van der Waals surface area contributed by atoms with Crippen LogP contribution in [0.3, 0.4) is 0 Å². The number of phenols is 1. The second-order valence-electron chi connectivity index (χ2n) is 13.3. The molecular weight excluding hydrogens is 508 g/mol. The van der Waals surface area contributed by atoms with Gasteiger partial charge in [0, 0.05) is 40.4 Å². The molecule has 0 radical (unpaired) electrons. The second-order valence-corrected chi connectivity index (χ2v) is 13.5. The van der Waals surface area contributed by atoms with E-state index in [0.29, 0.717) is 5.56 Å². The number of nitrogens with zero attached hydrogens (tertiary/aromatic N) is 2. The summed E-state index contributed by atoms with van der Waals surface area (Å²) >= 11 is 6.23. The van der Waals surface area contributed by atoms with Gasteiger partial charge in [-0.05, 0) is 73.8 Å². The highest BCUT2D eigenvalue weighted by Crippen LogP contribution is 2.40. The largest absolute Gasteiger partial charge is 0.507 e. The lowest BCUT2D eigenvalue weighted by Gasteiger charge is -2.29. The Morgan fingerprint density at radius 1 is 1.10 bits per heavy atom. The van der Waals surface area contributed by atoms with Crippen LogP contribution in [0.5, 0.6) is 11.5 Å². The first-order valence-electron chi connectivity index (χ1n) is 14.3. The van der Waals surface area contributed by atoms with Gasteiger partial charge in [-0.2, -0.15) is 4.51 Å². The van der Waals surface area contributed by atoms with Crippen LogP contribution in [0.2, 0.25) is 0 Å². The number of rotatable bonds is 9. The molecule has 0 aromatic heterocycles. The second kappa shape index (κ2) is 12.3. The Morgan fingerprint density at radius 2 is 1.72 bits per heavy atom. The maximum absolute atomic E-state index is 13.9. The number of hydrogen-bond acceptors (Lipinski definition) is 4. The SMILES string of the molecule is CCC[C@H]1C[C@H](Cc2cccc(OC(C)C)c2)/C(=N/Cl)N1CC(=O)c1cc(C(C)(C)C)c(O)c(C(C)(C)C)c1. The highest BCUT2D eigenvalue weighted by Gasteiger charge is 2.38. The Balaban J connectivity index is 1.92. The zero-order valence-electron chi connectivity index (χ0n) is 25.3. The molecule has 1 fully saturated rings. The molecule has 1 heterocycles. The van der Waals surface area contributed by atoms with Crippen molar-refractivity contribution in [1.29, 1.82) is 0 Å². The predicted molar refractivity (Wildman–Crippen MR) is 163 cm³/mol. The van der Waals surface area contributed by atoms with Gasteiger partial charge in [-0.3, -0.25) is 4.79 Å². The van der Waals surface area contributed by atoms with Gasteiger partial charge < -0.3 is 14.7 Å². The number of halogens is 1. The van der Waals surface area contributed by atoms with E-state index in [4.69, 9.17) is 16.5 Å². The average Bonchev–Trinajstić information content (AvgIpc) is 3.12. The first-order valence-corrected chi connectivity index (χ1v) is 14.6. The first kappa shape index (κ1) is 31.0. The predicted octanol–water partition coefficient (Wildman–Crippen LogP) is 8.24. The van der Waals surface area contributed by atoms with Crippen LogP contribution < -0.4 is 4.74 Å². The van der Waals surface area contributed by atoms with Crippen LogP contribution in [-0.2, 0) is 17.3 Å². The maximum Gasteiger partial charge on any atom is 0.182 e. The first-order chi connectivity index (χ1) is 18.1. The number of carbonyl (C=O) groups excluding carboxylic acids is 1. The number of Topliss-reactive ketones (excluding diaryl/α,β-unsaturated/α-hetero) is 1. The normalized spacial score (nSPS) is 19.3. The van der Waals surface area contributed by atoms with E-state index in [1.165, 1.54) is 5.56 Å². The van der Waals surface area contributed by atoms with E-state index in [-0.39, 0.29) is 47.0 Å². The lowest BCUT2D eigenvalue weighted by Crippen LogP contribution is -2.38. The third-order valence-corrected chi connectivity index (χ3v) is 7.65. The number of ether oxygens (including phenoxy) is 1. The summed E-state index contributed by atoms with van der Waals surface area (Å²) in [7, 11) is 0. The summed E-state index contributed by atoms with van der Waals surface area (Å²) in [5, 5.41) is 11.1. The molecule has 39 heavy (non-hydrogen) atoms. The van der Waals surface area contributed by atoms with Crippen LogP contribution in [0.4, 0.5) is 0 Å². The van der Waals surface area contributed by atoms with Gasteiger partial charge >= 0.3 is 0 Å². The molecule has 214 valence electrons. The number of likely N-dealkylation sites (tertiary alicyclic amines) is 1. The summed E-state index contributed by atoms with van der Waals surface area (Å²) < 4.78 is 10.1. The van der Waals surface area contributed by atoms with Crippen LogP contribution in [0, 0.1) is 5.92 Å². The molecule has 0 bridgehead atoms. The minimum Gasteiger partial charge on any atom is -0.507 e. The third kappa shape index (κ3) is 7.57. The van der Waals surface area contributed by atoms with E-state index >= 15 is 0 Å². The lowest BCUT2D eigenvalue weighted by molar-refractivity contribution is 0.0950. The fourth-order valence-electron chi connectivity index (χ4n) is 5.58. The van der Waals surface area contributed by atoms with E-state index in [1.807, 2.05) is 38.1 Å². The molecule has 0 amide bonds. The summed E-state index contributed by atoms with van der Waals surface area (Å²) in [6.07, 6.45) is 3.77. The Morgan fingerprint density at radius 3 is 2.23 bits per heavy atom. The van der Waals surface area contributed by atoms with E-state index in [1.54, 1.807) is 0 Å². The van der Waals surface area contributed by atoms with Crippen molar-refractivity contribution in [1.82, 2.24) is 4.90 Å². The van der Waals surface area contributed by atoms with Gasteiger partial charge in [0.25, 0.3) is 0 Å². The Hall–Kier alpha value is -2.53. The number of benzene rings is 2. The fourth-order valence-corrected chi connectivity index (χ4v) is 5.81. The van der Waals surface area contributed by atoms with Crippen molar-refractivity contribution in [2.24, 2.45) is 10.4 Å². The minimum absolute atomic E-state index is 0.0119. The lowest BCUT2D eigenvalue weighted by atomic mass is 9.78. The summed E-state index contributed by atoms with van der Waals surface area (Å²) in [6, 6.07) is 12.1. The van der Waals surface area contributed by atoms with Crippen molar-refractivity contribution in [3.05, 3.63) is 58.7 Å². The number of carbonyl (C=O) groups is 1. The number of hydrogen-bond donors (Lipinski definition) is 1. The number of amidine groups is 1. The zero-order valence-corrected chi connectivity index (χ0v) is 26.0. The molecule has 2 aromatic carbocycles. The van der Waals surface area contributed by atoms with E-state index in [2.05, 4.69) is 70.0 Å². The highest BCUT2D eigenvalue weighted by molar-refractivity contribution is 6.20. The van der Waals surface area contributed by atoms with Gasteiger partial charge in [-0.15, -0.1) is 0 Å². The van der Waals surface area contributed by atoms with Crippen LogP contribution in [-0.4, -0.2) is 40.3 Å². The zero-order chi connectivity index (χ0) is 29.1. The van der Waals surface area contributed by atoms with E-state index < -0.39 is 0 Å². The standard InChI is InChI=1S/C33H47ClN2O3/c1-10-12-25-17-24(15-22-13-11-14-26(16-22)39-21(2)3)31(35-34)36(25)20-29(37)23-18-27(32(4,5)6)30(38)28(19-23)33(7,8)9/h11,13-14,16,18-19,21,24-25,38H,10,12,15,17,20H2,1-9H3/b35-31-/t24-,25-/m0/s1. The van der Waals surface area contributed by atoms with Crippen LogP contribution in [0.15, 0.2) is 40.9 Å². The summed E-state index contributed by atoms with van der Waals surface area (Å²) in [4.78, 5) is 16.0. The molecule has 2 aromatic rings. The number of aromatic hydroxyl groups is 1. The van der Waals surface area contributed by atoms with Gasteiger partial charge in [0.05, 0.1) is 12.6 Å². The third-order valence-electron chi connectivity index (χ3n) is 7.48. The quantitative estimate of drug-likeness (QED) is 0.317. The molecule has 3 rings (SSSR count). The number of phenolic OH excluding ortho intramolecular Hbond substituents is 1. The minimum atomic E-state index is -0.305. The molecule has 1 aliphatic heterocycles. The van der Waals surface area contributed by atoms with Crippen LogP contribution in [0.25, 0.3) is 0 Å². The Kier molecular flexibility index (Phi) is 9.80. The summed E-state index contributed by atoms with van der Waals surface area (Å²) in [5.41, 5.74) is 2.76. The summed E-state index contributed by atoms with van der Waals surface area (Å²) in [5.74, 6) is 2.06. The molecule has 0 spiro atoms. The van der Waals surface area contributed by atoms with Gasteiger partial charge in [-0.1, -0.05) is 67.0 Å². The number of ketones is 1. The Bertz CT molecular complexity index is 1160. The van der Waals surface area contributed by atoms with Crippen molar-refractivity contribution in [3.63, 3.8) is 0 Å². The van der Waals surface area contributed by atoms with E-state index in [9.17, 15) is 9.90 Å². The van der Waals surface area contributed by atoms with E-state index in [0.717, 1.165) is 48.4 Å². The molecule has 1 N–H and O–H groups in total. The Labute approximate surface area is 240 Å². The van der Waals surface area contributed by atoms with Gasteiger partial charge in [0.15, 0.2) is 5.78 Å². The molecule has 0 saturated carbocycles. The molecule has 1 aliphatic rings. The molecule has 0 unspecified atom stereocenters. The van der Waals surface area contributed by atoms with Crippen molar-refractivity contribution >= 4 is 23.4 Å². The highest BCUT2D eigenvalue weighted by atomic mass is 35.5. The van der Waals surface area contributed by atoms with Crippen molar-refractivity contribution in [2.45, 2.75) is 111 Å². The molecule has 1 saturated heterocycles. The van der Waals surface area contributed by atoms with Gasteiger partial charge in [0.1, 0.15) is 17.3 Å². The fraction of sp³-hybridized carbons (Fsp3) is 0.576. The smallest absolute Gasteiger partial charge is 0.182 e. The van der Waals surface area contributed by atoms with Crippen LogP contribution in [0.1, 0.15) is 109 Å².